The third-order valence-corrected chi connectivity index (χ3v) is 4.76. The average Bonchev–Trinajstić information content (AvgIpc) is 2.29. The lowest BCUT2D eigenvalue weighted by Gasteiger charge is -2.50. The largest absolute Gasteiger partial charge is 0.392 e. The zero-order valence-electron chi connectivity index (χ0n) is 10.6. The quantitative estimate of drug-likeness (QED) is 0.897. The van der Waals surface area contributed by atoms with E-state index >= 15 is 0 Å². The molecule has 2 unspecified atom stereocenters. The molecule has 0 amide bonds. The van der Waals surface area contributed by atoms with Crippen LogP contribution in [0, 0.1) is 5.41 Å². The topological polar surface area (TPSA) is 32.3 Å². The number of hydrogen-bond acceptors (Lipinski definition) is 2. The van der Waals surface area contributed by atoms with Crippen LogP contribution in [0.4, 0.5) is 0 Å². The highest BCUT2D eigenvalue weighted by atomic mass is 79.9. The molecule has 3 heteroatoms. The Hall–Kier alpha value is -0.380. The molecule has 0 radical (unpaired) electrons. The van der Waals surface area contributed by atoms with Gasteiger partial charge in [0.25, 0.3) is 0 Å². The molecule has 1 aliphatic rings. The van der Waals surface area contributed by atoms with Crippen molar-refractivity contribution in [3.63, 3.8) is 0 Å². The van der Waals surface area contributed by atoms with Gasteiger partial charge in [-0.15, -0.1) is 0 Å². The molecular formula is C14H20BrNO. The van der Waals surface area contributed by atoms with Crippen molar-refractivity contribution in [2.45, 2.75) is 45.4 Å². The van der Waals surface area contributed by atoms with E-state index < -0.39 is 0 Å². The fourth-order valence-corrected chi connectivity index (χ4v) is 3.03. The van der Waals surface area contributed by atoms with E-state index in [1.54, 1.807) is 0 Å². The Morgan fingerprint density at radius 3 is 2.59 bits per heavy atom. The number of rotatable bonds is 3. The number of nitrogens with one attached hydrogen (secondary N) is 1. The van der Waals surface area contributed by atoms with Gasteiger partial charge in [-0.2, -0.15) is 0 Å². The summed E-state index contributed by atoms with van der Waals surface area (Å²) in [4.78, 5) is 0. The molecule has 3 atom stereocenters. The van der Waals surface area contributed by atoms with Gasteiger partial charge in [-0.25, -0.2) is 0 Å². The summed E-state index contributed by atoms with van der Waals surface area (Å²) < 4.78 is 1.14. The molecule has 0 heterocycles. The molecule has 17 heavy (non-hydrogen) atoms. The first-order chi connectivity index (χ1) is 7.93. The highest BCUT2D eigenvalue weighted by molar-refractivity contribution is 9.10. The number of aliphatic hydroxyl groups is 1. The summed E-state index contributed by atoms with van der Waals surface area (Å²) in [5.41, 5.74) is 1.25. The summed E-state index contributed by atoms with van der Waals surface area (Å²) in [5.74, 6) is 0. The van der Waals surface area contributed by atoms with Crippen LogP contribution in [-0.4, -0.2) is 17.3 Å². The van der Waals surface area contributed by atoms with Crippen LogP contribution in [0.2, 0.25) is 0 Å². The zero-order chi connectivity index (χ0) is 12.6. The average molecular weight is 298 g/mol. The van der Waals surface area contributed by atoms with E-state index in [1.807, 2.05) is 6.07 Å². The van der Waals surface area contributed by atoms with Crippen LogP contribution in [-0.2, 0) is 0 Å². The van der Waals surface area contributed by atoms with E-state index in [1.165, 1.54) is 5.56 Å². The third-order valence-electron chi connectivity index (χ3n) is 4.04. The van der Waals surface area contributed by atoms with Crippen LogP contribution >= 0.6 is 15.9 Å². The Balaban J connectivity index is 2.04. The molecular weight excluding hydrogens is 278 g/mol. The lowest BCUT2D eigenvalue weighted by molar-refractivity contribution is -0.0755. The molecule has 0 spiro atoms. The SMILES string of the molecule is C[C@@H](NC1CC(O)C1(C)C)c1ccccc1Br. The lowest BCUT2D eigenvalue weighted by Crippen LogP contribution is -2.60. The lowest BCUT2D eigenvalue weighted by atomic mass is 9.64. The summed E-state index contributed by atoms with van der Waals surface area (Å²) in [6.07, 6.45) is 0.674. The monoisotopic (exact) mass is 297 g/mol. The molecule has 2 rings (SSSR count). The molecule has 1 aromatic carbocycles. The van der Waals surface area contributed by atoms with Gasteiger partial charge in [-0.05, 0) is 25.0 Å². The standard InChI is InChI=1S/C14H20BrNO/c1-9(10-6-4-5-7-11(10)15)16-12-8-13(17)14(12,2)3/h4-7,9,12-13,16-17H,8H2,1-3H3/t9-,12?,13?/m1/s1. The Morgan fingerprint density at radius 1 is 1.41 bits per heavy atom. The van der Waals surface area contributed by atoms with Crippen LogP contribution < -0.4 is 5.32 Å². The van der Waals surface area contributed by atoms with Crippen LogP contribution in [0.5, 0.6) is 0 Å². The van der Waals surface area contributed by atoms with Gasteiger partial charge in [-0.3, -0.25) is 0 Å². The minimum Gasteiger partial charge on any atom is -0.392 e. The first-order valence-electron chi connectivity index (χ1n) is 6.11. The second-order valence-corrected chi connectivity index (χ2v) is 6.39. The summed E-state index contributed by atoms with van der Waals surface area (Å²) in [6.45, 7) is 6.40. The van der Waals surface area contributed by atoms with Gasteiger partial charge in [0.05, 0.1) is 6.10 Å². The van der Waals surface area contributed by atoms with E-state index in [4.69, 9.17) is 0 Å². The third kappa shape index (κ3) is 2.42. The normalized spacial score (nSPS) is 28.5. The molecule has 94 valence electrons. The molecule has 0 aliphatic heterocycles. The molecule has 2 N–H and O–H groups in total. The zero-order valence-corrected chi connectivity index (χ0v) is 12.2. The van der Waals surface area contributed by atoms with E-state index in [0.717, 1.165) is 10.9 Å². The second-order valence-electron chi connectivity index (χ2n) is 5.54. The van der Waals surface area contributed by atoms with Crippen molar-refractivity contribution in [1.82, 2.24) is 5.32 Å². The van der Waals surface area contributed by atoms with Gasteiger partial charge >= 0.3 is 0 Å². The van der Waals surface area contributed by atoms with Crippen LogP contribution in [0.3, 0.4) is 0 Å². The van der Waals surface area contributed by atoms with Gasteiger partial charge in [0.15, 0.2) is 0 Å². The van der Waals surface area contributed by atoms with E-state index in [2.05, 4.69) is 60.2 Å². The van der Waals surface area contributed by atoms with Crippen molar-refractivity contribution >= 4 is 15.9 Å². The van der Waals surface area contributed by atoms with Gasteiger partial charge in [0, 0.05) is 22.0 Å². The number of aliphatic hydroxyl groups excluding tert-OH is 1. The van der Waals surface area contributed by atoms with Crippen LogP contribution in [0.25, 0.3) is 0 Å². The van der Waals surface area contributed by atoms with Crippen LogP contribution in [0.1, 0.15) is 38.8 Å². The Kier molecular flexibility index (Phi) is 3.62. The smallest absolute Gasteiger partial charge is 0.0621 e. The second kappa shape index (κ2) is 4.71. The number of hydrogen-bond donors (Lipinski definition) is 2. The van der Waals surface area contributed by atoms with Crippen LogP contribution in [0.15, 0.2) is 28.7 Å². The number of halogens is 1. The summed E-state index contributed by atoms with van der Waals surface area (Å²) in [6, 6.07) is 8.95. The molecule has 2 nitrogen and oxygen atoms in total. The van der Waals surface area contributed by atoms with Crippen molar-refractivity contribution < 1.29 is 5.11 Å². The summed E-state index contributed by atoms with van der Waals surface area (Å²) in [5, 5.41) is 13.3. The van der Waals surface area contributed by atoms with Crippen molar-refractivity contribution in [1.29, 1.82) is 0 Å². The van der Waals surface area contributed by atoms with Gasteiger partial charge in [0.1, 0.15) is 0 Å². The molecule has 0 aromatic heterocycles. The number of benzene rings is 1. The van der Waals surface area contributed by atoms with Crippen molar-refractivity contribution in [2.24, 2.45) is 5.41 Å². The molecule has 1 aromatic rings. The minimum absolute atomic E-state index is 0.0183. The summed E-state index contributed by atoms with van der Waals surface area (Å²) >= 11 is 3.58. The predicted molar refractivity (Wildman–Crippen MR) is 73.9 cm³/mol. The van der Waals surface area contributed by atoms with Crippen molar-refractivity contribution in [2.75, 3.05) is 0 Å². The van der Waals surface area contributed by atoms with E-state index in [0.29, 0.717) is 12.1 Å². The fraction of sp³-hybridized carbons (Fsp3) is 0.571. The predicted octanol–water partition coefficient (Wildman–Crippen LogP) is 3.26. The van der Waals surface area contributed by atoms with E-state index in [9.17, 15) is 5.11 Å². The maximum absolute atomic E-state index is 9.73. The molecule has 0 saturated heterocycles. The van der Waals surface area contributed by atoms with Gasteiger partial charge < -0.3 is 10.4 Å². The maximum Gasteiger partial charge on any atom is 0.0621 e. The minimum atomic E-state index is -0.175. The first kappa shape index (κ1) is 13.1. The van der Waals surface area contributed by atoms with E-state index in [-0.39, 0.29) is 11.5 Å². The molecule has 1 saturated carbocycles. The van der Waals surface area contributed by atoms with Crippen molar-refractivity contribution in [3.8, 4) is 0 Å². The molecule has 1 fully saturated rings. The first-order valence-corrected chi connectivity index (χ1v) is 6.90. The fourth-order valence-electron chi connectivity index (χ4n) is 2.40. The Bertz CT molecular complexity index is 405. The maximum atomic E-state index is 9.73. The highest BCUT2D eigenvalue weighted by Gasteiger charge is 2.47. The summed E-state index contributed by atoms with van der Waals surface area (Å²) in [7, 11) is 0. The molecule has 1 aliphatic carbocycles. The highest BCUT2D eigenvalue weighted by Crippen LogP contribution is 2.41. The van der Waals surface area contributed by atoms with Gasteiger partial charge in [-0.1, -0.05) is 48.0 Å². The van der Waals surface area contributed by atoms with Crippen molar-refractivity contribution in [3.05, 3.63) is 34.3 Å². The van der Waals surface area contributed by atoms with Gasteiger partial charge in [0.2, 0.25) is 0 Å². The Morgan fingerprint density at radius 2 is 2.06 bits per heavy atom. The Labute approximate surface area is 112 Å². The molecule has 0 bridgehead atoms.